The summed E-state index contributed by atoms with van der Waals surface area (Å²) in [6.45, 7) is 4.31. The quantitative estimate of drug-likeness (QED) is 0.753. The fourth-order valence-electron chi connectivity index (χ4n) is 2.07. The number of halogens is 2. The second kappa shape index (κ2) is 6.65. The molecule has 1 unspecified atom stereocenters. The largest absolute Gasteiger partial charge is 0.465 e. The summed E-state index contributed by atoms with van der Waals surface area (Å²) < 4.78 is 5.53. The van der Waals surface area contributed by atoms with Gasteiger partial charge in [0.25, 0.3) is 0 Å². The maximum atomic E-state index is 12.5. The first kappa shape index (κ1) is 16.1. The molecule has 5 heteroatoms. The first-order valence-corrected chi connectivity index (χ1v) is 7.39. The highest BCUT2D eigenvalue weighted by atomic mass is 35.5. The first-order chi connectivity index (χ1) is 9.88. The fraction of sp³-hybridized carbons (Fsp3) is 0.312. The second-order valence-electron chi connectivity index (χ2n) is 5.09. The molecule has 0 bridgehead atoms. The van der Waals surface area contributed by atoms with Gasteiger partial charge in [-0.1, -0.05) is 23.2 Å². The zero-order chi connectivity index (χ0) is 15.6. The molecule has 1 atom stereocenters. The van der Waals surface area contributed by atoms with Crippen LogP contribution in [0.2, 0.25) is 10.0 Å². The minimum absolute atomic E-state index is 0.0394. The van der Waals surface area contributed by atoms with E-state index in [4.69, 9.17) is 27.6 Å². The molecule has 0 N–H and O–H groups in total. The normalized spacial score (nSPS) is 12.7. The highest BCUT2D eigenvalue weighted by Crippen LogP contribution is 2.23. The van der Waals surface area contributed by atoms with Crippen LogP contribution in [0.25, 0.3) is 0 Å². The number of Topliss-reactive ketones (excluding diaryl/α,β-unsaturated/α-hetero) is 1. The number of furan rings is 1. The van der Waals surface area contributed by atoms with E-state index in [1.54, 1.807) is 18.2 Å². The molecule has 0 saturated heterocycles. The van der Waals surface area contributed by atoms with Crippen LogP contribution in [0.4, 0.5) is 0 Å². The van der Waals surface area contributed by atoms with Gasteiger partial charge in [0.2, 0.25) is 0 Å². The van der Waals surface area contributed by atoms with E-state index in [9.17, 15) is 4.79 Å². The SMILES string of the molecule is Cc1ccc(CN(C)C(C)C(=O)c2ccc(Cl)cc2Cl)o1. The van der Waals surface area contributed by atoms with Crippen LogP contribution in [0.5, 0.6) is 0 Å². The summed E-state index contributed by atoms with van der Waals surface area (Å²) in [5.41, 5.74) is 0.482. The summed E-state index contributed by atoms with van der Waals surface area (Å²) in [6.07, 6.45) is 0. The maximum absolute atomic E-state index is 12.5. The smallest absolute Gasteiger partial charge is 0.181 e. The molecule has 0 aliphatic rings. The molecule has 2 rings (SSSR count). The third kappa shape index (κ3) is 3.88. The lowest BCUT2D eigenvalue weighted by Crippen LogP contribution is -2.35. The minimum Gasteiger partial charge on any atom is -0.465 e. The molecule has 0 amide bonds. The van der Waals surface area contributed by atoms with Gasteiger partial charge >= 0.3 is 0 Å². The molecule has 21 heavy (non-hydrogen) atoms. The zero-order valence-corrected chi connectivity index (χ0v) is 13.7. The van der Waals surface area contributed by atoms with Crippen LogP contribution in [-0.2, 0) is 6.54 Å². The van der Waals surface area contributed by atoms with Crippen LogP contribution in [0.3, 0.4) is 0 Å². The van der Waals surface area contributed by atoms with Crippen LogP contribution in [0.15, 0.2) is 34.7 Å². The van der Waals surface area contributed by atoms with Gasteiger partial charge in [0.15, 0.2) is 5.78 Å². The predicted octanol–water partition coefficient (Wildman–Crippen LogP) is 4.60. The summed E-state index contributed by atoms with van der Waals surface area (Å²) in [4.78, 5) is 14.4. The van der Waals surface area contributed by atoms with E-state index in [-0.39, 0.29) is 11.8 Å². The van der Waals surface area contributed by atoms with Crippen molar-refractivity contribution < 1.29 is 9.21 Å². The van der Waals surface area contributed by atoms with Gasteiger partial charge in [-0.25, -0.2) is 0 Å². The second-order valence-corrected chi connectivity index (χ2v) is 5.94. The monoisotopic (exact) mass is 325 g/mol. The fourth-order valence-corrected chi connectivity index (χ4v) is 2.57. The van der Waals surface area contributed by atoms with Crippen molar-refractivity contribution >= 4 is 29.0 Å². The van der Waals surface area contributed by atoms with Crippen LogP contribution in [0, 0.1) is 6.92 Å². The number of rotatable bonds is 5. The summed E-state index contributed by atoms with van der Waals surface area (Å²) in [6, 6.07) is 8.43. The van der Waals surface area contributed by atoms with Crippen molar-refractivity contribution in [1.82, 2.24) is 4.90 Å². The van der Waals surface area contributed by atoms with E-state index >= 15 is 0 Å². The number of benzene rings is 1. The number of ketones is 1. The Hall–Kier alpha value is -1.29. The molecule has 0 aliphatic heterocycles. The molecule has 0 radical (unpaired) electrons. The number of hydrogen-bond donors (Lipinski definition) is 0. The Kier molecular flexibility index (Phi) is 5.09. The van der Waals surface area contributed by atoms with E-state index in [0.717, 1.165) is 11.5 Å². The van der Waals surface area contributed by atoms with Gasteiger partial charge in [-0.3, -0.25) is 9.69 Å². The molecule has 0 spiro atoms. The van der Waals surface area contributed by atoms with Crippen molar-refractivity contribution in [3.63, 3.8) is 0 Å². The number of carbonyl (C=O) groups excluding carboxylic acids is 1. The molecule has 3 nitrogen and oxygen atoms in total. The number of carbonyl (C=O) groups is 1. The van der Waals surface area contributed by atoms with Gasteiger partial charge in [-0.05, 0) is 51.2 Å². The van der Waals surface area contributed by atoms with Gasteiger partial charge in [0, 0.05) is 10.6 Å². The van der Waals surface area contributed by atoms with Crippen molar-refractivity contribution in [2.45, 2.75) is 26.4 Å². The number of nitrogens with zero attached hydrogens (tertiary/aromatic N) is 1. The summed E-state index contributed by atoms with van der Waals surface area (Å²) in [5, 5.41) is 0.894. The maximum Gasteiger partial charge on any atom is 0.181 e. The molecule has 0 fully saturated rings. The van der Waals surface area contributed by atoms with E-state index in [0.29, 0.717) is 22.2 Å². The molecular weight excluding hydrogens is 309 g/mol. The van der Waals surface area contributed by atoms with E-state index < -0.39 is 0 Å². The third-order valence-electron chi connectivity index (χ3n) is 3.44. The molecule has 1 heterocycles. The lowest BCUT2D eigenvalue weighted by molar-refractivity contribution is 0.0855. The summed E-state index contributed by atoms with van der Waals surface area (Å²) in [5.74, 6) is 1.65. The van der Waals surface area contributed by atoms with Gasteiger partial charge in [0.05, 0.1) is 17.6 Å². The van der Waals surface area contributed by atoms with E-state index in [1.807, 2.05) is 37.9 Å². The van der Waals surface area contributed by atoms with Crippen LogP contribution < -0.4 is 0 Å². The standard InChI is InChI=1S/C16H17Cl2NO2/c1-10-4-6-13(21-10)9-19(3)11(2)16(20)14-7-5-12(17)8-15(14)18/h4-8,11H,9H2,1-3H3. The van der Waals surface area contributed by atoms with Gasteiger partial charge in [-0.15, -0.1) is 0 Å². The van der Waals surface area contributed by atoms with Crippen molar-refractivity contribution in [2.75, 3.05) is 7.05 Å². The highest BCUT2D eigenvalue weighted by molar-refractivity contribution is 6.37. The lowest BCUT2D eigenvalue weighted by Gasteiger charge is -2.23. The van der Waals surface area contributed by atoms with Crippen molar-refractivity contribution in [1.29, 1.82) is 0 Å². The molecule has 0 saturated carbocycles. The van der Waals surface area contributed by atoms with Crippen LogP contribution >= 0.6 is 23.2 Å². The highest BCUT2D eigenvalue weighted by Gasteiger charge is 2.22. The summed E-state index contributed by atoms with van der Waals surface area (Å²) in [7, 11) is 1.88. The van der Waals surface area contributed by atoms with Gasteiger partial charge in [-0.2, -0.15) is 0 Å². The molecular formula is C16H17Cl2NO2. The molecule has 1 aromatic heterocycles. The zero-order valence-electron chi connectivity index (χ0n) is 12.2. The Morgan fingerprint density at radius 2 is 2.00 bits per heavy atom. The van der Waals surface area contributed by atoms with Gasteiger partial charge in [0.1, 0.15) is 11.5 Å². The number of aryl methyl sites for hydroxylation is 1. The van der Waals surface area contributed by atoms with Crippen molar-refractivity contribution in [2.24, 2.45) is 0 Å². The molecule has 2 aromatic rings. The minimum atomic E-state index is -0.311. The Labute approximate surface area is 134 Å². The number of hydrogen-bond acceptors (Lipinski definition) is 3. The predicted molar refractivity (Wildman–Crippen MR) is 85.2 cm³/mol. The first-order valence-electron chi connectivity index (χ1n) is 6.63. The average molecular weight is 326 g/mol. The van der Waals surface area contributed by atoms with Crippen LogP contribution in [-0.4, -0.2) is 23.8 Å². The number of likely N-dealkylation sites (N-methyl/N-ethyl adjacent to an activating group) is 1. The van der Waals surface area contributed by atoms with Crippen molar-refractivity contribution in [3.05, 3.63) is 57.5 Å². The third-order valence-corrected chi connectivity index (χ3v) is 3.99. The topological polar surface area (TPSA) is 33.5 Å². The Morgan fingerprint density at radius 1 is 1.29 bits per heavy atom. The molecule has 1 aromatic carbocycles. The average Bonchev–Trinajstić information content (AvgIpc) is 2.82. The van der Waals surface area contributed by atoms with E-state index in [2.05, 4.69) is 0 Å². The molecule has 112 valence electrons. The molecule has 0 aliphatic carbocycles. The lowest BCUT2D eigenvalue weighted by atomic mass is 10.0. The Morgan fingerprint density at radius 3 is 2.57 bits per heavy atom. The van der Waals surface area contributed by atoms with E-state index in [1.165, 1.54) is 0 Å². The van der Waals surface area contributed by atoms with Crippen molar-refractivity contribution in [3.8, 4) is 0 Å². The van der Waals surface area contributed by atoms with Crippen LogP contribution in [0.1, 0.15) is 28.8 Å². The Balaban J connectivity index is 2.11. The summed E-state index contributed by atoms with van der Waals surface area (Å²) >= 11 is 11.9. The van der Waals surface area contributed by atoms with Gasteiger partial charge < -0.3 is 4.42 Å². The Bertz CT molecular complexity index is 651.